The number of nitrogens with two attached hydrogens (primary N) is 1. The molecule has 0 fully saturated rings. The Morgan fingerprint density at radius 1 is 1.64 bits per heavy atom. The molecule has 1 aromatic heterocycles. The van der Waals surface area contributed by atoms with Gasteiger partial charge in [0.25, 0.3) is 0 Å². The van der Waals surface area contributed by atoms with Crippen LogP contribution in [0.25, 0.3) is 0 Å². The van der Waals surface area contributed by atoms with E-state index in [9.17, 15) is 9.59 Å². The zero-order chi connectivity index (χ0) is 10.0. The summed E-state index contributed by atoms with van der Waals surface area (Å²) in [6.45, 7) is 3.06. The topological polar surface area (TPSA) is 78.0 Å². The van der Waals surface area contributed by atoms with E-state index in [2.05, 4.69) is 4.98 Å². The van der Waals surface area contributed by atoms with E-state index in [1.165, 1.54) is 23.8 Å². The van der Waals surface area contributed by atoms with Crippen LogP contribution in [-0.2, 0) is 4.79 Å². The van der Waals surface area contributed by atoms with Crippen molar-refractivity contribution in [2.75, 3.05) is 5.73 Å². The lowest BCUT2D eigenvalue weighted by molar-refractivity contribution is -0.119. The van der Waals surface area contributed by atoms with Gasteiger partial charge in [0.15, 0.2) is 5.78 Å². The van der Waals surface area contributed by atoms with Gasteiger partial charge in [0, 0.05) is 6.20 Å². The van der Waals surface area contributed by atoms with Crippen LogP contribution >= 0.6 is 17.0 Å². The molecule has 0 bridgehead atoms. The number of halogens is 1. The number of Topliss-reactive ketones (excluding diaryl/α,β-unsaturated/α-hetero) is 1. The lowest BCUT2D eigenvalue weighted by atomic mass is 10.2. The maximum absolute atomic E-state index is 11.2. The van der Waals surface area contributed by atoms with E-state index in [1.54, 1.807) is 6.92 Å². The summed E-state index contributed by atoms with van der Waals surface area (Å²) in [5, 5.41) is 0. The predicted octanol–water partition coefficient (Wildman–Crippen LogP) is 0.553. The molecule has 1 aromatic rings. The van der Waals surface area contributed by atoms with Crippen molar-refractivity contribution in [3.05, 3.63) is 22.7 Å². The van der Waals surface area contributed by atoms with E-state index >= 15 is 0 Å². The van der Waals surface area contributed by atoms with Crippen molar-refractivity contribution in [2.45, 2.75) is 19.9 Å². The Bertz CT molecular complexity index is 388. The summed E-state index contributed by atoms with van der Waals surface area (Å²) in [5.74, 6) is 0.0747. The molecule has 1 atom stereocenters. The summed E-state index contributed by atoms with van der Waals surface area (Å²) in [6.07, 6.45) is 1.47. The third kappa shape index (κ3) is 2.66. The summed E-state index contributed by atoms with van der Waals surface area (Å²) in [4.78, 5) is 25.7. The molecule has 0 radical (unpaired) electrons. The summed E-state index contributed by atoms with van der Waals surface area (Å²) in [7, 11) is 0. The lowest BCUT2D eigenvalue weighted by Gasteiger charge is -2.10. The summed E-state index contributed by atoms with van der Waals surface area (Å²) in [6, 6.07) is 1.00. The quantitative estimate of drug-likeness (QED) is 0.844. The van der Waals surface area contributed by atoms with E-state index in [-0.39, 0.29) is 28.6 Å². The highest BCUT2D eigenvalue weighted by molar-refractivity contribution is 8.93. The second-order valence-electron chi connectivity index (χ2n) is 2.83. The molecule has 0 amide bonds. The van der Waals surface area contributed by atoms with Crippen molar-refractivity contribution >= 4 is 28.6 Å². The highest BCUT2D eigenvalue weighted by atomic mass is 79.9. The second-order valence-corrected chi connectivity index (χ2v) is 2.83. The van der Waals surface area contributed by atoms with Gasteiger partial charge in [-0.2, -0.15) is 4.98 Å². The van der Waals surface area contributed by atoms with Crippen LogP contribution in [0.3, 0.4) is 0 Å². The number of carbonyl (C=O) groups excluding carboxylic acids is 1. The third-order valence-corrected chi connectivity index (χ3v) is 1.86. The van der Waals surface area contributed by atoms with Crippen LogP contribution in [0.4, 0.5) is 5.82 Å². The molecule has 0 aliphatic rings. The van der Waals surface area contributed by atoms with E-state index in [0.717, 1.165) is 0 Å². The first-order valence-corrected chi connectivity index (χ1v) is 3.87. The van der Waals surface area contributed by atoms with Gasteiger partial charge in [-0.05, 0) is 19.9 Å². The van der Waals surface area contributed by atoms with Crippen molar-refractivity contribution < 1.29 is 4.79 Å². The van der Waals surface area contributed by atoms with Gasteiger partial charge in [-0.15, -0.1) is 17.0 Å². The molecule has 0 aromatic carbocycles. The summed E-state index contributed by atoms with van der Waals surface area (Å²) < 4.78 is 1.25. The van der Waals surface area contributed by atoms with Crippen LogP contribution in [0, 0.1) is 0 Å². The van der Waals surface area contributed by atoms with Crippen LogP contribution < -0.4 is 11.4 Å². The third-order valence-electron chi connectivity index (χ3n) is 1.86. The number of nitrogens with zero attached hydrogens (tertiary/aromatic N) is 2. The summed E-state index contributed by atoms with van der Waals surface area (Å²) in [5.41, 5.74) is 4.80. The predicted molar refractivity (Wildman–Crippen MR) is 58.6 cm³/mol. The molecule has 0 saturated carbocycles. The van der Waals surface area contributed by atoms with E-state index in [0.29, 0.717) is 0 Å². The highest BCUT2D eigenvalue weighted by Gasteiger charge is 2.11. The number of rotatable bonds is 2. The Morgan fingerprint density at radius 2 is 2.21 bits per heavy atom. The molecule has 0 spiro atoms. The molecule has 1 heterocycles. The van der Waals surface area contributed by atoms with Gasteiger partial charge in [0.2, 0.25) is 0 Å². The minimum absolute atomic E-state index is 0. The standard InChI is InChI=1S/C8H11N3O2.BrH/c1-5(6(2)12)11-4-3-7(9)10-8(11)13;/h3-5H,1-2H3,(H2,9,10,13);1H. The van der Waals surface area contributed by atoms with Crippen LogP contribution in [0.2, 0.25) is 0 Å². The smallest absolute Gasteiger partial charge is 0.350 e. The SMILES string of the molecule is Br.CC(=O)C(C)n1ccc(N)nc1=O. The number of nitrogen functional groups attached to an aromatic ring is 1. The lowest BCUT2D eigenvalue weighted by Crippen LogP contribution is -2.28. The van der Waals surface area contributed by atoms with Crippen molar-refractivity contribution in [1.82, 2.24) is 9.55 Å². The normalized spacial score (nSPS) is 11.6. The van der Waals surface area contributed by atoms with Gasteiger partial charge >= 0.3 is 5.69 Å². The van der Waals surface area contributed by atoms with Crippen molar-refractivity contribution in [1.29, 1.82) is 0 Å². The number of carbonyl (C=O) groups is 1. The molecule has 5 nitrogen and oxygen atoms in total. The van der Waals surface area contributed by atoms with Gasteiger partial charge in [-0.1, -0.05) is 0 Å². The molecule has 2 N–H and O–H groups in total. The van der Waals surface area contributed by atoms with Crippen molar-refractivity contribution in [3.8, 4) is 0 Å². The van der Waals surface area contributed by atoms with Crippen LogP contribution in [-0.4, -0.2) is 15.3 Å². The first kappa shape index (κ1) is 12.8. The fourth-order valence-electron chi connectivity index (χ4n) is 0.916. The molecule has 0 aliphatic carbocycles. The van der Waals surface area contributed by atoms with E-state index < -0.39 is 11.7 Å². The van der Waals surface area contributed by atoms with Crippen LogP contribution in [0.15, 0.2) is 17.1 Å². The maximum Gasteiger partial charge on any atom is 0.350 e. The first-order chi connectivity index (χ1) is 6.02. The Balaban J connectivity index is 0.00000169. The molecule has 78 valence electrons. The fourth-order valence-corrected chi connectivity index (χ4v) is 0.916. The van der Waals surface area contributed by atoms with Gasteiger partial charge in [-0.25, -0.2) is 4.79 Å². The van der Waals surface area contributed by atoms with Crippen molar-refractivity contribution in [3.63, 3.8) is 0 Å². The minimum atomic E-state index is -0.497. The second kappa shape index (κ2) is 4.90. The number of ketones is 1. The monoisotopic (exact) mass is 261 g/mol. The molecule has 0 aliphatic heterocycles. The van der Waals surface area contributed by atoms with E-state index in [4.69, 9.17) is 5.73 Å². The average molecular weight is 262 g/mol. The van der Waals surface area contributed by atoms with Crippen molar-refractivity contribution in [2.24, 2.45) is 0 Å². The largest absolute Gasteiger partial charge is 0.383 e. The Labute approximate surface area is 91.7 Å². The van der Waals surface area contributed by atoms with E-state index in [1.807, 2.05) is 0 Å². The number of hydrogen-bond donors (Lipinski definition) is 1. The Morgan fingerprint density at radius 3 is 2.64 bits per heavy atom. The number of anilines is 1. The molecular weight excluding hydrogens is 250 g/mol. The maximum atomic E-state index is 11.2. The molecule has 14 heavy (non-hydrogen) atoms. The zero-order valence-electron chi connectivity index (χ0n) is 7.93. The molecule has 0 saturated heterocycles. The van der Waals surface area contributed by atoms with Gasteiger partial charge in [0.1, 0.15) is 5.82 Å². The molecule has 1 rings (SSSR count). The minimum Gasteiger partial charge on any atom is -0.383 e. The first-order valence-electron chi connectivity index (χ1n) is 3.87. The number of aromatic nitrogens is 2. The molecule has 6 heteroatoms. The van der Waals surface area contributed by atoms with Crippen LogP contribution in [0.1, 0.15) is 19.9 Å². The highest BCUT2D eigenvalue weighted by Crippen LogP contribution is 2.02. The Kier molecular flexibility index (Phi) is 4.49. The van der Waals surface area contributed by atoms with Gasteiger partial charge in [0.05, 0.1) is 6.04 Å². The fraction of sp³-hybridized carbons (Fsp3) is 0.375. The summed E-state index contributed by atoms with van der Waals surface area (Å²) >= 11 is 0. The zero-order valence-corrected chi connectivity index (χ0v) is 9.64. The average Bonchev–Trinajstić information content (AvgIpc) is 2.03. The van der Waals surface area contributed by atoms with Gasteiger partial charge < -0.3 is 5.73 Å². The molecule has 1 unspecified atom stereocenters. The van der Waals surface area contributed by atoms with Gasteiger partial charge in [-0.3, -0.25) is 9.36 Å². The number of hydrogen-bond acceptors (Lipinski definition) is 4. The van der Waals surface area contributed by atoms with Crippen LogP contribution in [0.5, 0.6) is 0 Å². The Hall–Kier alpha value is -1.17. The molecular formula is C8H12BrN3O2.